The van der Waals surface area contributed by atoms with Gasteiger partial charge < -0.3 is 10.8 Å². The number of nitrogens with two attached hydrogens (primary N) is 1. The third kappa shape index (κ3) is 5.08. The molecule has 0 saturated heterocycles. The van der Waals surface area contributed by atoms with Crippen molar-refractivity contribution < 1.29 is 23.1 Å². The molecule has 0 aromatic heterocycles. The molecule has 0 saturated carbocycles. The Hall–Kier alpha value is -1.15. The van der Waals surface area contributed by atoms with Crippen LogP contribution in [0.5, 0.6) is 0 Å². The van der Waals surface area contributed by atoms with Crippen LogP contribution in [0.25, 0.3) is 0 Å². The van der Waals surface area contributed by atoms with Crippen molar-refractivity contribution >= 4 is 21.9 Å². The van der Waals surface area contributed by atoms with Crippen molar-refractivity contribution in [2.24, 2.45) is 5.73 Å². The molecule has 1 amide bonds. The molecule has 0 unspecified atom stereocenters. The molecule has 1 atom stereocenters. The number of nitrogens with one attached hydrogen (secondary N) is 1. The Bertz CT molecular complexity index is 363. The van der Waals surface area contributed by atoms with Crippen molar-refractivity contribution in [2.75, 3.05) is 0 Å². The quantitative estimate of drug-likeness (QED) is 0.537. The van der Waals surface area contributed by atoms with Crippen molar-refractivity contribution in [2.45, 2.75) is 38.0 Å². The number of rotatable bonds is 7. The molecule has 0 spiro atoms. The van der Waals surface area contributed by atoms with Crippen LogP contribution in [-0.2, 0) is 19.6 Å². The molecule has 0 fully saturated rings. The fourth-order valence-electron chi connectivity index (χ4n) is 0.854. The summed E-state index contributed by atoms with van der Waals surface area (Å²) in [5.74, 6) is -2.00. The van der Waals surface area contributed by atoms with Crippen molar-refractivity contribution in [3.8, 4) is 0 Å². The number of carbonyl (C=O) groups is 2. The summed E-state index contributed by atoms with van der Waals surface area (Å²) in [6.45, 7) is 2.85. The van der Waals surface area contributed by atoms with Crippen LogP contribution in [0.4, 0.5) is 0 Å². The molecule has 0 bridgehead atoms. The number of carbonyl (C=O) groups excluding carboxylic acids is 1. The first kappa shape index (κ1) is 14.8. The molecule has 0 radical (unpaired) electrons. The van der Waals surface area contributed by atoms with Crippen LogP contribution in [0, 0.1) is 0 Å². The Morgan fingerprint density at radius 1 is 1.38 bits per heavy atom. The van der Waals surface area contributed by atoms with Gasteiger partial charge in [0.05, 0.1) is 5.25 Å². The predicted octanol–water partition coefficient (Wildman–Crippen LogP) is -0.967. The van der Waals surface area contributed by atoms with Gasteiger partial charge in [0.2, 0.25) is 15.9 Å². The molecule has 94 valence electrons. The Balaban J connectivity index is 4.58. The molecule has 16 heavy (non-hydrogen) atoms. The molecule has 0 rings (SSSR count). The lowest BCUT2D eigenvalue weighted by molar-refractivity contribution is -0.139. The van der Waals surface area contributed by atoms with Gasteiger partial charge >= 0.3 is 5.97 Å². The molecule has 0 aliphatic rings. The summed E-state index contributed by atoms with van der Waals surface area (Å²) in [6, 6.07) is -1.32. The van der Waals surface area contributed by atoms with E-state index in [1.807, 2.05) is 4.72 Å². The summed E-state index contributed by atoms with van der Waals surface area (Å²) in [4.78, 5) is 21.2. The third-order valence-corrected chi connectivity index (χ3v) is 3.76. The molecule has 0 aliphatic carbocycles. The van der Waals surface area contributed by atoms with Gasteiger partial charge in [-0.25, -0.2) is 13.1 Å². The Morgan fingerprint density at radius 3 is 2.19 bits per heavy atom. The van der Waals surface area contributed by atoms with Crippen molar-refractivity contribution in [3.05, 3.63) is 0 Å². The van der Waals surface area contributed by atoms with Gasteiger partial charge in [-0.05, 0) is 20.3 Å². The lowest BCUT2D eigenvalue weighted by Crippen LogP contribution is -2.44. The number of aliphatic carboxylic acids is 1. The van der Waals surface area contributed by atoms with Gasteiger partial charge in [0, 0.05) is 6.42 Å². The maximum absolute atomic E-state index is 11.4. The zero-order valence-corrected chi connectivity index (χ0v) is 9.95. The SMILES string of the molecule is CC(C)S(=O)(=O)N[C@@H](CCC(N)=O)C(=O)O. The minimum atomic E-state index is -3.67. The first-order valence-electron chi connectivity index (χ1n) is 4.69. The van der Waals surface area contributed by atoms with Gasteiger partial charge in [-0.2, -0.15) is 0 Å². The predicted molar refractivity (Wildman–Crippen MR) is 57.0 cm³/mol. The van der Waals surface area contributed by atoms with E-state index >= 15 is 0 Å². The smallest absolute Gasteiger partial charge is 0.321 e. The monoisotopic (exact) mass is 252 g/mol. The number of carboxylic acids is 1. The highest BCUT2D eigenvalue weighted by atomic mass is 32.2. The molecule has 0 aliphatic heterocycles. The number of sulfonamides is 1. The minimum Gasteiger partial charge on any atom is -0.480 e. The van der Waals surface area contributed by atoms with E-state index in [0.717, 1.165) is 0 Å². The van der Waals surface area contributed by atoms with E-state index in [0.29, 0.717) is 0 Å². The number of primary amides is 1. The fourth-order valence-corrected chi connectivity index (χ4v) is 1.74. The van der Waals surface area contributed by atoms with E-state index in [4.69, 9.17) is 10.8 Å². The number of amides is 1. The summed E-state index contributed by atoms with van der Waals surface area (Å²) in [7, 11) is -3.67. The Kier molecular flexibility index (Phi) is 5.39. The molecule has 0 aromatic carbocycles. The molecule has 0 aromatic rings. The molecule has 0 heterocycles. The van der Waals surface area contributed by atoms with E-state index < -0.39 is 33.2 Å². The summed E-state index contributed by atoms with van der Waals surface area (Å²) < 4.78 is 24.8. The van der Waals surface area contributed by atoms with Crippen LogP contribution in [0.3, 0.4) is 0 Å². The number of carboxylic acid groups (broad SMARTS) is 1. The van der Waals surface area contributed by atoms with Gasteiger partial charge in [0.25, 0.3) is 0 Å². The molecular formula is C8H16N2O5S. The van der Waals surface area contributed by atoms with Gasteiger partial charge in [-0.15, -0.1) is 0 Å². The van der Waals surface area contributed by atoms with Crippen LogP contribution >= 0.6 is 0 Å². The number of hydrogen-bond acceptors (Lipinski definition) is 4. The second-order valence-electron chi connectivity index (χ2n) is 3.61. The maximum Gasteiger partial charge on any atom is 0.321 e. The van der Waals surface area contributed by atoms with Crippen molar-refractivity contribution in [1.29, 1.82) is 0 Å². The van der Waals surface area contributed by atoms with Crippen LogP contribution in [0.1, 0.15) is 26.7 Å². The second-order valence-corrected chi connectivity index (χ2v) is 5.88. The highest BCUT2D eigenvalue weighted by Gasteiger charge is 2.26. The lowest BCUT2D eigenvalue weighted by Gasteiger charge is -2.15. The van der Waals surface area contributed by atoms with Gasteiger partial charge in [0.15, 0.2) is 0 Å². The van der Waals surface area contributed by atoms with Crippen LogP contribution in [0.15, 0.2) is 0 Å². The first-order valence-corrected chi connectivity index (χ1v) is 6.23. The molecule has 7 nitrogen and oxygen atoms in total. The average Bonchev–Trinajstić information content (AvgIpc) is 2.11. The van der Waals surface area contributed by atoms with Gasteiger partial charge in [-0.3, -0.25) is 9.59 Å². The maximum atomic E-state index is 11.4. The van der Waals surface area contributed by atoms with E-state index in [1.54, 1.807) is 0 Å². The van der Waals surface area contributed by atoms with E-state index in [2.05, 4.69) is 0 Å². The first-order chi connectivity index (χ1) is 7.16. The zero-order chi connectivity index (χ0) is 12.9. The van der Waals surface area contributed by atoms with E-state index in [9.17, 15) is 18.0 Å². The number of hydrogen-bond donors (Lipinski definition) is 3. The molecule has 8 heteroatoms. The normalized spacial score (nSPS) is 13.7. The van der Waals surface area contributed by atoms with Gasteiger partial charge in [-0.1, -0.05) is 0 Å². The molecule has 4 N–H and O–H groups in total. The fraction of sp³-hybridized carbons (Fsp3) is 0.750. The minimum absolute atomic E-state index is 0.156. The lowest BCUT2D eigenvalue weighted by atomic mass is 10.2. The zero-order valence-electron chi connectivity index (χ0n) is 9.13. The highest BCUT2D eigenvalue weighted by Crippen LogP contribution is 2.03. The highest BCUT2D eigenvalue weighted by molar-refractivity contribution is 7.90. The van der Waals surface area contributed by atoms with E-state index in [1.165, 1.54) is 13.8 Å². The average molecular weight is 252 g/mol. The third-order valence-electron chi connectivity index (χ3n) is 1.90. The van der Waals surface area contributed by atoms with Crippen LogP contribution in [0.2, 0.25) is 0 Å². The standard InChI is InChI=1S/C8H16N2O5S/c1-5(2)16(14,15)10-6(8(12)13)3-4-7(9)11/h5-6,10H,3-4H2,1-2H3,(H2,9,11)(H,12,13)/t6-/m0/s1. The topological polar surface area (TPSA) is 127 Å². The summed E-state index contributed by atoms with van der Waals surface area (Å²) >= 11 is 0. The van der Waals surface area contributed by atoms with Crippen molar-refractivity contribution in [1.82, 2.24) is 4.72 Å². The van der Waals surface area contributed by atoms with Gasteiger partial charge in [0.1, 0.15) is 6.04 Å². The second kappa shape index (κ2) is 5.80. The summed E-state index contributed by atoms with van der Waals surface area (Å²) in [5.41, 5.74) is 4.86. The van der Waals surface area contributed by atoms with Crippen LogP contribution in [-0.4, -0.2) is 36.7 Å². The Labute approximate surface area is 94.1 Å². The van der Waals surface area contributed by atoms with E-state index in [-0.39, 0.29) is 12.8 Å². The van der Waals surface area contributed by atoms with Crippen molar-refractivity contribution in [3.63, 3.8) is 0 Å². The summed E-state index contributed by atoms with van der Waals surface area (Å²) in [5, 5.41) is 8.02. The molecular weight excluding hydrogens is 236 g/mol. The van der Waals surface area contributed by atoms with Crippen LogP contribution < -0.4 is 10.5 Å². The largest absolute Gasteiger partial charge is 0.480 e. The Morgan fingerprint density at radius 2 is 1.88 bits per heavy atom. The summed E-state index contributed by atoms with van der Waals surface area (Å²) in [6.07, 6.45) is -0.339.